The van der Waals surface area contributed by atoms with Gasteiger partial charge in [0.25, 0.3) is 0 Å². The molecule has 0 unspecified atom stereocenters. The highest BCUT2D eigenvalue weighted by atomic mass is 16.1. The maximum atomic E-state index is 9.29. The molecule has 0 rings (SSSR count). The van der Waals surface area contributed by atoms with Crippen molar-refractivity contribution in [3.05, 3.63) is 0 Å². The van der Waals surface area contributed by atoms with Crippen LogP contribution in [0.4, 0.5) is 0 Å². The van der Waals surface area contributed by atoms with Gasteiger partial charge in [0.1, 0.15) is 0 Å². The quantitative estimate of drug-likeness (QED) is 0.135. The van der Waals surface area contributed by atoms with Crippen molar-refractivity contribution in [3.8, 4) is 0 Å². The van der Waals surface area contributed by atoms with Gasteiger partial charge in [-0.2, -0.15) is 11.1 Å². The largest absolute Gasteiger partial charge is 0.279 e. The summed E-state index contributed by atoms with van der Waals surface area (Å²) in [6.45, 7) is 0. The molecule has 1 amide bonds. The lowest BCUT2D eigenvalue weighted by atomic mass is 11.4. The molecule has 0 saturated carbocycles. The third-order valence-electron chi connectivity index (χ3n) is 0.203. The van der Waals surface area contributed by atoms with Crippen LogP contribution in [0.5, 0.6) is 0 Å². The van der Waals surface area contributed by atoms with Crippen LogP contribution in [0.2, 0.25) is 0 Å². The van der Waals surface area contributed by atoms with Crippen molar-refractivity contribution in [2.45, 2.75) is 0 Å². The molecule has 0 aromatic carbocycles. The summed E-state index contributed by atoms with van der Waals surface area (Å²) >= 11 is 0. The van der Waals surface area contributed by atoms with Crippen LogP contribution in [-0.4, -0.2) is 6.41 Å². The molecule has 5 N–H and O–H groups in total. The highest BCUT2D eigenvalue weighted by Crippen LogP contribution is 1.14. The molecule has 5 nitrogen and oxygen atoms in total. The number of hydrogen-bond acceptors (Lipinski definition) is 4. The fraction of sp³-hybridized carbons (Fsp3) is 0. The van der Waals surface area contributed by atoms with Gasteiger partial charge in [0.2, 0.25) is 6.41 Å². The summed E-state index contributed by atoms with van der Waals surface area (Å²) in [5, 5.41) is 0. The van der Waals surface area contributed by atoms with E-state index in [2.05, 4.69) is 11.4 Å². The summed E-state index contributed by atoms with van der Waals surface area (Å²) in [6.07, 6.45) is 0.458. The molecular weight excluding hydrogens is 84.0 g/mol. The molecule has 0 aliphatic heterocycles. The second-order valence-corrected chi connectivity index (χ2v) is 0.532. The van der Waals surface area contributed by atoms with Crippen molar-refractivity contribution in [3.63, 3.8) is 0 Å². The second-order valence-electron chi connectivity index (χ2n) is 0.532. The van der Waals surface area contributed by atoms with Crippen LogP contribution in [0.1, 0.15) is 0 Å². The molecule has 0 bridgehead atoms. The Bertz CT molecular complexity index is 36.5. The molecule has 0 aliphatic rings. The average Bonchev–Trinajstić information content (AvgIpc) is 1.61. The topological polar surface area (TPSA) is 79.2 Å². The van der Waals surface area contributed by atoms with Crippen LogP contribution in [0.15, 0.2) is 0 Å². The number of hydrazine groups is 3. The molecule has 0 saturated heterocycles. The van der Waals surface area contributed by atoms with Gasteiger partial charge in [-0.15, -0.1) is 0 Å². The average molecular weight is 90.1 g/mol. The number of rotatable bonds is 3. The van der Waals surface area contributed by atoms with E-state index in [0.717, 1.165) is 0 Å². The standard InChI is InChI=1S/CH6N4O/c2-4-5-3-1-6/h1,4-5H,2H2,(H,3,6). The Morgan fingerprint density at radius 1 is 1.67 bits per heavy atom. The van der Waals surface area contributed by atoms with Gasteiger partial charge in [-0.1, -0.05) is 0 Å². The van der Waals surface area contributed by atoms with Gasteiger partial charge in [0.05, 0.1) is 0 Å². The van der Waals surface area contributed by atoms with Gasteiger partial charge < -0.3 is 0 Å². The summed E-state index contributed by atoms with van der Waals surface area (Å²) in [7, 11) is 0. The predicted molar refractivity (Wildman–Crippen MR) is 19.7 cm³/mol. The fourth-order valence-electron chi connectivity index (χ4n) is 0.0711. The van der Waals surface area contributed by atoms with Gasteiger partial charge in [-0.05, 0) is 0 Å². The second kappa shape index (κ2) is 4.35. The van der Waals surface area contributed by atoms with E-state index in [0.29, 0.717) is 6.41 Å². The molecule has 0 fully saturated rings. The van der Waals surface area contributed by atoms with Crippen molar-refractivity contribution in [2.24, 2.45) is 5.84 Å². The molecule has 36 valence electrons. The van der Waals surface area contributed by atoms with Crippen LogP contribution in [-0.2, 0) is 4.79 Å². The molecular formula is CH6N4O. The first-order chi connectivity index (χ1) is 2.91. The van der Waals surface area contributed by atoms with E-state index in [9.17, 15) is 4.79 Å². The Labute approximate surface area is 34.8 Å². The van der Waals surface area contributed by atoms with Crippen molar-refractivity contribution >= 4 is 6.41 Å². The smallest absolute Gasteiger partial charge is 0.222 e. The Hall–Kier alpha value is -0.650. The lowest BCUT2D eigenvalue weighted by Crippen LogP contribution is -2.46. The molecule has 0 atom stereocenters. The number of carbonyl (C=O) groups excluding carboxylic acids is 1. The molecule has 0 aromatic rings. The van der Waals surface area contributed by atoms with E-state index in [-0.39, 0.29) is 0 Å². The number of amides is 1. The third kappa shape index (κ3) is 3.35. The maximum absolute atomic E-state index is 9.29. The SMILES string of the molecule is NNNNC=O. The Morgan fingerprint density at radius 3 is 2.50 bits per heavy atom. The van der Waals surface area contributed by atoms with E-state index in [4.69, 9.17) is 0 Å². The number of carbonyl (C=O) groups is 1. The minimum Gasteiger partial charge on any atom is -0.279 e. The molecule has 6 heavy (non-hydrogen) atoms. The summed E-state index contributed by atoms with van der Waals surface area (Å²) < 4.78 is 0. The molecule has 0 spiro atoms. The van der Waals surface area contributed by atoms with Gasteiger partial charge in [0, 0.05) is 0 Å². The molecule has 5 heteroatoms. The van der Waals surface area contributed by atoms with Crippen molar-refractivity contribution in [2.75, 3.05) is 0 Å². The van der Waals surface area contributed by atoms with E-state index < -0.39 is 0 Å². The zero-order chi connectivity index (χ0) is 4.83. The zero-order valence-corrected chi connectivity index (χ0v) is 3.06. The zero-order valence-electron chi connectivity index (χ0n) is 3.06. The lowest BCUT2D eigenvalue weighted by Gasteiger charge is -1.93. The van der Waals surface area contributed by atoms with Crippen molar-refractivity contribution in [1.82, 2.24) is 16.5 Å². The van der Waals surface area contributed by atoms with Crippen LogP contribution in [0.3, 0.4) is 0 Å². The Morgan fingerprint density at radius 2 is 2.33 bits per heavy atom. The minimum absolute atomic E-state index is 0.458. The highest BCUT2D eigenvalue weighted by Gasteiger charge is 1.62. The lowest BCUT2D eigenvalue weighted by molar-refractivity contribution is -0.110. The van der Waals surface area contributed by atoms with Crippen molar-refractivity contribution < 1.29 is 4.79 Å². The van der Waals surface area contributed by atoms with Gasteiger partial charge in [-0.3, -0.25) is 16.1 Å². The summed E-state index contributed by atoms with van der Waals surface area (Å²) in [5.41, 5.74) is 6.12. The van der Waals surface area contributed by atoms with E-state index in [1.165, 1.54) is 0 Å². The summed E-state index contributed by atoms with van der Waals surface area (Å²) in [4.78, 5) is 9.29. The van der Waals surface area contributed by atoms with E-state index in [1.54, 1.807) is 0 Å². The number of nitrogens with one attached hydrogen (secondary N) is 3. The monoisotopic (exact) mass is 90.1 g/mol. The van der Waals surface area contributed by atoms with Crippen LogP contribution in [0.25, 0.3) is 0 Å². The van der Waals surface area contributed by atoms with Crippen molar-refractivity contribution in [1.29, 1.82) is 0 Å². The van der Waals surface area contributed by atoms with Gasteiger partial charge in [-0.25, -0.2) is 0 Å². The number of hydrogen-bond donors (Lipinski definition) is 4. The highest BCUT2D eigenvalue weighted by molar-refractivity contribution is 5.44. The van der Waals surface area contributed by atoms with Gasteiger partial charge in [0.15, 0.2) is 0 Å². The molecule has 0 radical (unpaired) electrons. The Kier molecular flexibility index (Phi) is 3.88. The van der Waals surface area contributed by atoms with E-state index >= 15 is 0 Å². The first kappa shape index (κ1) is 5.35. The Balaban J connectivity index is 2.49. The normalized spacial score (nSPS) is 7.50. The van der Waals surface area contributed by atoms with E-state index in [1.807, 2.05) is 11.0 Å². The first-order valence-corrected chi connectivity index (χ1v) is 1.31. The fourth-order valence-corrected chi connectivity index (χ4v) is 0.0711. The molecule has 0 aliphatic carbocycles. The minimum atomic E-state index is 0.458. The third-order valence-corrected chi connectivity index (χ3v) is 0.203. The van der Waals surface area contributed by atoms with Crippen LogP contribution in [0, 0.1) is 0 Å². The van der Waals surface area contributed by atoms with Gasteiger partial charge >= 0.3 is 0 Å². The molecule has 0 aromatic heterocycles. The molecule has 0 heterocycles. The summed E-state index contributed by atoms with van der Waals surface area (Å²) in [5.74, 6) is 4.63. The first-order valence-electron chi connectivity index (χ1n) is 1.31. The number of nitrogens with two attached hydrogens (primary N) is 1. The predicted octanol–water partition coefficient (Wildman–Crippen LogP) is -2.38. The maximum Gasteiger partial charge on any atom is 0.222 e. The van der Waals surface area contributed by atoms with Crippen LogP contribution < -0.4 is 22.3 Å². The summed E-state index contributed by atoms with van der Waals surface area (Å²) in [6, 6.07) is 0. The van der Waals surface area contributed by atoms with Crippen LogP contribution >= 0.6 is 0 Å².